The highest BCUT2D eigenvalue weighted by atomic mass is 79.9. The Balaban J connectivity index is 2.18. The second kappa shape index (κ2) is 6.45. The molecular formula is C14H18BrNO4. The number of amides is 1. The third kappa shape index (κ3) is 3.07. The first-order valence-electron chi connectivity index (χ1n) is 6.39. The summed E-state index contributed by atoms with van der Waals surface area (Å²) in [6, 6.07) is 5.47. The number of benzene rings is 1. The summed E-state index contributed by atoms with van der Waals surface area (Å²) in [4.78, 5) is 13.3. The van der Waals surface area contributed by atoms with Crippen LogP contribution in [0.3, 0.4) is 0 Å². The fourth-order valence-electron chi connectivity index (χ4n) is 2.25. The Labute approximate surface area is 126 Å². The summed E-state index contributed by atoms with van der Waals surface area (Å²) in [5.41, 5.74) is 0.886. The van der Waals surface area contributed by atoms with Gasteiger partial charge < -0.3 is 19.5 Å². The Morgan fingerprint density at radius 3 is 2.70 bits per heavy atom. The number of alkyl halides is 1. The van der Waals surface area contributed by atoms with E-state index in [1.54, 1.807) is 20.3 Å². The molecule has 1 saturated heterocycles. The fraction of sp³-hybridized carbons (Fsp3) is 0.500. The SMILES string of the molecule is COc1ccc(CN2C(=O)CCC(Br)C2O)cc1OC. The number of methoxy groups -OCH3 is 2. The lowest BCUT2D eigenvalue weighted by molar-refractivity contribution is -0.146. The van der Waals surface area contributed by atoms with Crippen molar-refractivity contribution in [2.24, 2.45) is 0 Å². The molecular weight excluding hydrogens is 326 g/mol. The van der Waals surface area contributed by atoms with E-state index in [9.17, 15) is 9.90 Å². The molecule has 1 aromatic carbocycles. The Morgan fingerprint density at radius 1 is 1.35 bits per heavy atom. The number of ether oxygens (including phenoxy) is 2. The van der Waals surface area contributed by atoms with E-state index < -0.39 is 6.23 Å². The second-order valence-electron chi connectivity index (χ2n) is 4.68. The molecule has 0 radical (unpaired) electrons. The molecule has 20 heavy (non-hydrogen) atoms. The number of aliphatic hydroxyl groups excluding tert-OH is 1. The van der Waals surface area contributed by atoms with Crippen LogP contribution in [0.1, 0.15) is 18.4 Å². The summed E-state index contributed by atoms with van der Waals surface area (Å²) in [6.07, 6.45) is 0.298. The topological polar surface area (TPSA) is 59.0 Å². The smallest absolute Gasteiger partial charge is 0.224 e. The lowest BCUT2D eigenvalue weighted by Gasteiger charge is -2.35. The third-order valence-corrected chi connectivity index (χ3v) is 4.33. The van der Waals surface area contributed by atoms with E-state index in [1.807, 2.05) is 12.1 Å². The highest BCUT2D eigenvalue weighted by molar-refractivity contribution is 9.09. The minimum Gasteiger partial charge on any atom is -0.493 e. The average Bonchev–Trinajstić information content (AvgIpc) is 2.47. The maximum Gasteiger partial charge on any atom is 0.224 e. The molecule has 1 amide bonds. The van der Waals surface area contributed by atoms with Crippen molar-refractivity contribution in [3.63, 3.8) is 0 Å². The van der Waals surface area contributed by atoms with E-state index in [0.29, 0.717) is 30.9 Å². The zero-order valence-corrected chi connectivity index (χ0v) is 13.1. The Kier molecular flexibility index (Phi) is 4.88. The number of piperidine rings is 1. The predicted molar refractivity (Wildman–Crippen MR) is 78.1 cm³/mol. The third-order valence-electron chi connectivity index (χ3n) is 3.40. The minimum absolute atomic E-state index is 0.0389. The normalized spacial score (nSPS) is 22.8. The molecule has 0 spiro atoms. The summed E-state index contributed by atoms with van der Waals surface area (Å²) < 4.78 is 10.4. The molecule has 0 saturated carbocycles. The van der Waals surface area contributed by atoms with Crippen LogP contribution in [0, 0.1) is 0 Å². The molecule has 1 heterocycles. The van der Waals surface area contributed by atoms with Gasteiger partial charge in [-0.2, -0.15) is 0 Å². The summed E-state index contributed by atoms with van der Waals surface area (Å²) in [5, 5.41) is 10.1. The van der Waals surface area contributed by atoms with Crippen LogP contribution in [0.25, 0.3) is 0 Å². The zero-order chi connectivity index (χ0) is 14.7. The van der Waals surface area contributed by atoms with Gasteiger partial charge in [0.2, 0.25) is 5.91 Å². The van der Waals surface area contributed by atoms with Crippen LogP contribution < -0.4 is 9.47 Å². The number of aliphatic hydroxyl groups is 1. The van der Waals surface area contributed by atoms with E-state index in [1.165, 1.54) is 4.90 Å². The van der Waals surface area contributed by atoms with Gasteiger partial charge >= 0.3 is 0 Å². The van der Waals surface area contributed by atoms with Crippen molar-refractivity contribution in [1.82, 2.24) is 4.90 Å². The molecule has 1 fully saturated rings. The van der Waals surface area contributed by atoms with Gasteiger partial charge in [-0.15, -0.1) is 0 Å². The van der Waals surface area contributed by atoms with Gasteiger partial charge in [-0.1, -0.05) is 22.0 Å². The van der Waals surface area contributed by atoms with Crippen LogP contribution in [0.4, 0.5) is 0 Å². The number of hydrogen-bond acceptors (Lipinski definition) is 4. The van der Waals surface area contributed by atoms with Crippen molar-refractivity contribution in [2.75, 3.05) is 14.2 Å². The Hall–Kier alpha value is -1.27. The summed E-state index contributed by atoms with van der Waals surface area (Å²) in [7, 11) is 3.14. The van der Waals surface area contributed by atoms with Gasteiger partial charge in [0, 0.05) is 13.0 Å². The van der Waals surface area contributed by atoms with Gasteiger partial charge in [-0.05, 0) is 24.1 Å². The predicted octanol–water partition coefficient (Wildman–Crippen LogP) is 1.91. The lowest BCUT2D eigenvalue weighted by atomic mass is 10.1. The molecule has 110 valence electrons. The van der Waals surface area contributed by atoms with E-state index in [4.69, 9.17) is 9.47 Å². The van der Waals surface area contributed by atoms with Crippen LogP contribution in [-0.4, -0.2) is 41.2 Å². The summed E-state index contributed by atoms with van der Waals surface area (Å²) in [5.74, 6) is 1.21. The van der Waals surface area contributed by atoms with Crippen LogP contribution in [-0.2, 0) is 11.3 Å². The number of halogens is 1. The standard InChI is InChI=1S/C14H18BrNO4/c1-19-11-5-3-9(7-12(11)20-2)8-16-13(17)6-4-10(15)14(16)18/h3,5,7,10,14,18H,4,6,8H2,1-2H3. The monoisotopic (exact) mass is 343 g/mol. The average molecular weight is 344 g/mol. The van der Waals surface area contributed by atoms with E-state index >= 15 is 0 Å². The van der Waals surface area contributed by atoms with E-state index in [2.05, 4.69) is 15.9 Å². The molecule has 1 N–H and O–H groups in total. The van der Waals surface area contributed by atoms with Gasteiger partial charge in [0.25, 0.3) is 0 Å². The van der Waals surface area contributed by atoms with Gasteiger partial charge in [-0.3, -0.25) is 4.79 Å². The molecule has 6 heteroatoms. The number of hydrogen-bond donors (Lipinski definition) is 1. The summed E-state index contributed by atoms with van der Waals surface area (Å²) in [6.45, 7) is 0.350. The van der Waals surface area contributed by atoms with Crippen LogP contribution in [0.2, 0.25) is 0 Å². The van der Waals surface area contributed by atoms with E-state index in [0.717, 1.165) is 5.56 Å². The summed E-state index contributed by atoms with van der Waals surface area (Å²) >= 11 is 3.40. The second-order valence-corrected chi connectivity index (χ2v) is 5.86. The van der Waals surface area contributed by atoms with Crippen LogP contribution in [0.5, 0.6) is 11.5 Å². The first-order chi connectivity index (χ1) is 9.56. The lowest BCUT2D eigenvalue weighted by Crippen LogP contribution is -2.48. The van der Waals surface area contributed by atoms with Crippen LogP contribution >= 0.6 is 15.9 Å². The first-order valence-corrected chi connectivity index (χ1v) is 7.31. The highest BCUT2D eigenvalue weighted by Crippen LogP contribution is 2.30. The van der Waals surface area contributed by atoms with Gasteiger partial charge in [0.1, 0.15) is 6.23 Å². The number of nitrogens with zero attached hydrogens (tertiary/aromatic N) is 1. The molecule has 1 aromatic rings. The Bertz CT molecular complexity index is 494. The molecule has 0 aromatic heterocycles. The molecule has 5 nitrogen and oxygen atoms in total. The number of likely N-dealkylation sites (tertiary alicyclic amines) is 1. The Morgan fingerprint density at radius 2 is 2.05 bits per heavy atom. The van der Waals surface area contributed by atoms with Gasteiger partial charge in [-0.25, -0.2) is 0 Å². The molecule has 0 bridgehead atoms. The minimum atomic E-state index is -0.802. The van der Waals surface area contributed by atoms with Crippen molar-refractivity contribution in [3.05, 3.63) is 23.8 Å². The van der Waals surface area contributed by atoms with E-state index in [-0.39, 0.29) is 10.7 Å². The number of rotatable bonds is 4. The van der Waals surface area contributed by atoms with Crippen molar-refractivity contribution in [2.45, 2.75) is 30.4 Å². The van der Waals surface area contributed by atoms with Crippen molar-refractivity contribution in [1.29, 1.82) is 0 Å². The van der Waals surface area contributed by atoms with Gasteiger partial charge in [0.15, 0.2) is 11.5 Å². The molecule has 2 rings (SSSR count). The molecule has 2 unspecified atom stereocenters. The maximum atomic E-state index is 11.9. The van der Waals surface area contributed by atoms with Crippen molar-refractivity contribution >= 4 is 21.8 Å². The van der Waals surface area contributed by atoms with Crippen molar-refractivity contribution < 1.29 is 19.4 Å². The maximum absolute atomic E-state index is 11.9. The van der Waals surface area contributed by atoms with Crippen molar-refractivity contribution in [3.8, 4) is 11.5 Å². The fourth-order valence-corrected chi connectivity index (χ4v) is 2.77. The quantitative estimate of drug-likeness (QED) is 0.848. The molecule has 0 aliphatic carbocycles. The highest BCUT2D eigenvalue weighted by Gasteiger charge is 2.32. The van der Waals surface area contributed by atoms with Crippen LogP contribution in [0.15, 0.2) is 18.2 Å². The molecule has 1 aliphatic heterocycles. The molecule has 1 aliphatic rings. The zero-order valence-electron chi connectivity index (χ0n) is 11.5. The largest absolute Gasteiger partial charge is 0.493 e. The first kappa shape index (κ1) is 15.1. The number of carbonyl (C=O) groups excluding carboxylic acids is 1. The number of carbonyl (C=O) groups is 1. The molecule has 2 atom stereocenters. The van der Waals surface area contributed by atoms with Gasteiger partial charge in [0.05, 0.1) is 19.0 Å².